The van der Waals surface area contributed by atoms with Crippen LogP contribution in [0.4, 0.5) is 11.6 Å². The number of likely N-dealkylation sites (tertiary alicyclic amines) is 1. The summed E-state index contributed by atoms with van der Waals surface area (Å²) in [6, 6.07) is 11.8. The minimum Gasteiger partial charge on any atom is -0.480 e. The maximum Gasteiger partial charge on any atom is 0.326 e. The molecule has 5 aliphatic rings. The molecule has 70 heavy (non-hydrogen) atoms. The second kappa shape index (κ2) is 26.9. The van der Waals surface area contributed by atoms with Crippen LogP contribution in [0.25, 0.3) is 0 Å². The highest BCUT2D eigenvalue weighted by Crippen LogP contribution is 2.43. The standard InChI is InChI=1S/C26H35N5O3.C26H40N4O3.3CH4/c1-26(2,20-6-4-12-27-15-20)25(34)30-22(24(32)33)11-14-31-16-18(17-31)7-9-21-10-8-19-5-3-13-28-23(19)29-21;1-3-17(4-2)25(31)29-22(26(32)33)13-15-30-21-11-12-23(30)19(16-21)8-10-20-9-7-18-6-5-14-27-24(18)28-20;;;/h4,6,8,10,12,15,18,22H,3,5,7,9,11,13-14,16-17H2,1-2H3,(H,28,29)(H,30,34)(H,32,33);7,9,17,19,21-23H,3-6,8,10-16H2,1-2H3,(H,27,28)(H,29,31)(H,32,33);3*1H4/t22-;19?,21?,22-,23?;;;/m00.../s1. The predicted octanol–water partition coefficient (Wildman–Crippen LogP) is 8.17. The lowest BCUT2D eigenvalue weighted by atomic mass is 9.84. The first-order valence-corrected chi connectivity index (χ1v) is 25.2. The number of hydrogen-bond donors (Lipinski definition) is 6. The number of carbonyl (C=O) groups is 4. The average Bonchev–Trinajstić information content (AvgIpc) is 3.88. The van der Waals surface area contributed by atoms with E-state index in [9.17, 15) is 29.4 Å². The zero-order valence-electron chi connectivity index (χ0n) is 40.3. The van der Waals surface area contributed by atoms with E-state index >= 15 is 0 Å². The normalized spacial score (nSPS) is 20.2. The third kappa shape index (κ3) is 14.7. The SMILES string of the molecule is C.C.C.CC(C)(C(=O)N[C@@H](CCN1CC(CCc2ccc3c(n2)NCCC3)C1)C(=O)O)c1cccnc1.CCC(CC)C(=O)N[C@@H](CCN1C2CCC1C(CCc1ccc3c(n1)NCCC3)C2)C(=O)O. The van der Waals surface area contributed by atoms with E-state index in [4.69, 9.17) is 9.97 Å². The summed E-state index contributed by atoms with van der Waals surface area (Å²) < 4.78 is 0. The molecule has 8 heterocycles. The Kier molecular flexibility index (Phi) is 22.1. The molecular weight excluding hydrogens is 883 g/mol. The molecule has 0 spiro atoms. The van der Waals surface area contributed by atoms with E-state index in [0.29, 0.717) is 43.3 Å². The quantitative estimate of drug-likeness (QED) is 0.0598. The van der Waals surface area contributed by atoms with Crippen molar-refractivity contribution in [2.24, 2.45) is 17.8 Å². The Balaban J connectivity index is 0.000000292. The number of aliphatic carboxylic acids is 2. The van der Waals surface area contributed by atoms with Gasteiger partial charge in [0.1, 0.15) is 23.7 Å². The number of hydrogen-bond acceptors (Lipinski definition) is 11. The number of aromatic nitrogens is 3. The fourth-order valence-corrected chi connectivity index (χ4v) is 10.9. The minimum atomic E-state index is -1.00. The predicted molar refractivity (Wildman–Crippen MR) is 280 cm³/mol. The molecule has 2 amide bonds. The first-order chi connectivity index (χ1) is 32.3. The minimum absolute atomic E-state index is 0. The molecule has 0 aromatic carbocycles. The molecular formula is C55H87N9O6. The zero-order chi connectivity index (χ0) is 47.5. The second-order valence-corrected chi connectivity index (χ2v) is 20.1. The lowest BCUT2D eigenvalue weighted by Crippen LogP contribution is -2.52. The summed E-state index contributed by atoms with van der Waals surface area (Å²) in [5.41, 5.74) is 4.86. The van der Waals surface area contributed by atoms with Gasteiger partial charge in [-0.15, -0.1) is 0 Å². The smallest absolute Gasteiger partial charge is 0.326 e. The van der Waals surface area contributed by atoms with Gasteiger partial charge < -0.3 is 36.4 Å². The van der Waals surface area contributed by atoms with Crippen LogP contribution in [0.3, 0.4) is 0 Å². The molecule has 6 N–H and O–H groups in total. The third-order valence-electron chi connectivity index (χ3n) is 15.3. The molecule has 3 aromatic heterocycles. The van der Waals surface area contributed by atoms with E-state index in [0.717, 1.165) is 107 Å². The zero-order valence-corrected chi connectivity index (χ0v) is 40.3. The molecule has 0 saturated carbocycles. The van der Waals surface area contributed by atoms with Gasteiger partial charge in [-0.25, -0.2) is 19.6 Å². The van der Waals surface area contributed by atoms with Crippen molar-refractivity contribution in [1.82, 2.24) is 35.4 Å². The number of nitrogens with zero attached hydrogens (tertiary/aromatic N) is 5. The number of pyridine rings is 3. The maximum absolute atomic E-state index is 12.8. The monoisotopic (exact) mass is 970 g/mol. The molecule has 8 rings (SSSR count). The van der Waals surface area contributed by atoms with Gasteiger partial charge in [-0.2, -0.15) is 0 Å². The molecule has 388 valence electrons. The number of aryl methyl sites for hydroxylation is 4. The number of nitrogens with one attached hydrogen (secondary N) is 4. The van der Waals surface area contributed by atoms with Gasteiger partial charge in [0.25, 0.3) is 0 Å². The molecule has 3 fully saturated rings. The molecule has 0 radical (unpaired) electrons. The van der Waals surface area contributed by atoms with Gasteiger partial charge in [-0.05, 0) is 157 Å². The van der Waals surface area contributed by atoms with Crippen molar-refractivity contribution < 1.29 is 29.4 Å². The van der Waals surface area contributed by atoms with Crippen LogP contribution < -0.4 is 21.3 Å². The molecule has 0 aliphatic carbocycles. The lowest BCUT2D eigenvalue weighted by Gasteiger charge is -2.40. The average molecular weight is 970 g/mol. The molecule has 2 bridgehead atoms. The Morgan fingerprint density at radius 1 is 0.786 bits per heavy atom. The van der Waals surface area contributed by atoms with Crippen molar-refractivity contribution in [3.8, 4) is 0 Å². The summed E-state index contributed by atoms with van der Waals surface area (Å²) in [5.74, 6) is 0.916. The lowest BCUT2D eigenvalue weighted by molar-refractivity contribution is -0.143. The molecule has 5 atom stereocenters. The highest BCUT2D eigenvalue weighted by molar-refractivity contribution is 5.90. The number of carbonyl (C=O) groups excluding carboxylic acids is 2. The van der Waals surface area contributed by atoms with E-state index in [1.165, 1.54) is 48.9 Å². The first kappa shape index (κ1) is 57.4. The van der Waals surface area contributed by atoms with Crippen molar-refractivity contribution in [3.63, 3.8) is 0 Å². The largest absolute Gasteiger partial charge is 0.480 e. The Morgan fingerprint density at radius 3 is 1.94 bits per heavy atom. The Hall–Kier alpha value is -5.15. The molecule has 15 nitrogen and oxygen atoms in total. The van der Waals surface area contributed by atoms with E-state index < -0.39 is 29.4 Å². The van der Waals surface area contributed by atoms with Gasteiger partial charge in [0.2, 0.25) is 11.8 Å². The van der Waals surface area contributed by atoms with Gasteiger partial charge in [-0.1, -0.05) is 54.3 Å². The second-order valence-electron chi connectivity index (χ2n) is 20.1. The summed E-state index contributed by atoms with van der Waals surface area (Å²) in [7, 11) is 0. The van der Waals surface area contributed by atoms with Crippen molar-refractivity contribution >= 4 is 35.4 Å². The van der Waals surface area contributed by atoms with Crippen LogP contribution in [0.2, 0.25) is 0 Å². The topological polar surface area (TPSA) is 202 Å². The van der Waals surface area contributed by atoms with E-state index in [1.807, 2.05) is 19.9 Å². The Bertz CT molecular complexity index is 2150. The summed E-state index contributed by atoms with van der Waals surface area (Å²) >= 11 is 0. The van der Waals surface area contributed by atoms with Crippen LogP contribution in [-0.2, 0) is 50.3 Å². The molecule has 3 saturated heterocycles. The van der Waals surface area contributed by atoms with Gasteiger partial charge >= 0.3 is 11.9 Å². The summed E-state index contributed by atoms with van der Waals surface area (Å²) in [6.07, 6.45) is 18.0. The van der Waals surface area contributed by atoms with E-state index in [1.54, 1.807) is 32.3 Å². The van der Waals surface area contributed by atoms with E-state index in [2.05, 4.69) is 60.3 Å². The molecule has 3 aromatic rings. The Morgan fingerprint density at radius 2 is 1.37 bits per heavy atom. The van der Waals surface area contributed by atoms with Gasteiger partial charge in [-0.3, -0.25) is 19.5 Å². The van der Waals surface area contributed by atoms with Crippen molar-refractivity contribution in [2.45, 2.75) is 176 Å². The number of amides is 2. The molecule has 5 aliphatic heterocycles. The van der Waals surface area contributed by atoms with Crippen LogP contribution in [0.5, 0.6) is 0 Å². The summed E-state index contributed by atoms with van der Waals surface area (Å²) in [6.45, 7) is 12.9. The fourth-order valence-electron chi connectivity index (χ4n) is 10.9. The number of carboxylic acid groups (broad SMARTS) is 2. The number of carboxylic acids is 2. The van der Waals surface area contributed by atoms with Gasteiger partial charge in [0.05, 0.1) is 5.41 Å². The number of anilines is 2. The third-order valence-corrected chi connectivity index (χ3v) is 15.3. The van der Waals surface area contributed by atoms with Crippen molar-refractivity contribution in [3.05, 3.63) is 76.9 Å². The van der Waals surface area contributed by atoms with Crippen LogP contribution >= 0.6 is 0 Å². The first-order valence-electron chi connectivity index (χ1n) is 25.2. The van der Waals surface area contributed by atoms with Crippen LogP contribution in [0.15, 0.2) is 48.8 Å². The molecule has 3 unspecified atom stereocenters. The summed E-state index contributed by atoms with van der Waals surface area (Å²) in [4.78, 5) is 67.4. The Labute approximate surface area is 419 Å². The van der Waals surface area contributed by atoms with Gasteiger partial charge in [0.15, 0.2) is 0 Å². The van der Waals surface area contributed by atoms with Crippen LogP contribution in [0, 0.1) is 17.8 Å². The number of rotatable bonds is 21. The highest BCUT2D eigenvalue weighted by atomic mass is 16.4. The van der Waals surface area contributed by atoms with Crippen molar-refractivity contribution in [2.75, 3.05) is 49.9 Å². The highest BCUT2D eigenvalue weighted by Gasteiger charge is 2.46. The van der Waals surface area contributed by atoms with Crippen LogP contribution in [-0.4, -0.2) is 122 Å². The molecule has 15 heteroatoms. The summed E-state index contributed by atoms with van der Waals surface area (Å²) in [5, 5.41) is 31.7. The number of fused-ring (bicyclic) bond motifs is 4. The van der Waals surface area contributed by atoms with Crippen molar-refractivity contribution in [1.29, 1.82) is 0 Å². The fraction of sp³-hybridized carbons (Fsp3) is 0.655. The van der Waals surface area contributed by atoms with Crippen LogP contribution in [0.1, 0.15) is 149 Å². The van der Waals surface area contributed by atoms with E-state index in [-0.39, 0.29) is 40.0 Å². The maximum atomic E-state index is 12.8. The van der Waals surface area contributed by atoms with Gasteiger partial charge in [0, 0.05) is 81.1 Å².